The molecule has 1 aromatic rings. The Bertz CT molecular complexity index is 431. The predicted octanol–water partition coefficient (Wildman–Crippen LogP) is 1.98. The molecule has 0 heterocycles. The molecule has 6 heteroatoms. The Labute approximate surface area is 112 Å². The van der Waals surface area contributed by atoms with Crippen LogP contribution in [0.4, 0.5) is 5.69 Å². The summed E-state index contributed by atoms with van der Waals surface area (Å²) in [5.74, 6) is -0.205. The van der Waals surface area contributed by atoms with Gasteiger partial charge in [0.05, 0.1) is 12.0 Å². The molecule has 0 radical (unpaired) electrons. The minimum absolute atomic E-state index is 0.0945. The van der Waals surface area contributed by atoms with Gasteiger partial charge in [0.2, 0.25) is 0 Å². The Morgan fingerprint density at radius 3 is 2.53 bits per heavy atom. The largest absolute Gasteiger partial charge is 0.469 e. The lowest BCUT2D eigenvalue weighted by molar-refractivity contribution is -0.384. The lowest BCUT2D eigenvalue weighted by Gasteiger charge is -2.16. The number of methoxy groups -OCH3 is 1. The second kappa shape index (κ2) is 7.48. The molecule has 1 rings (SSSR count). The summed E-state index contributed by atoms with van der Waals surface area (Å²) >= 11 is 0. The van der Waals surface area contributed by atoms with E-state index in [4.69, 9.17) is 0 Å². The number of nitro groups is 1. The average Bonchev–Trinajstić information content (AvgIpc) is 2.39. The van der Waals surface area contributed by atoms with Gasteiger partial charge in [0.25, 0.3) is 5.69 Å². The fourth-order valence-electron chi connectivity index (χ4n) is 1.71. The number of non-ortho nitro benzene ring substituents is 1. The number of carbonyl (C=O) groups excluding carboxylic acids is 1. The SMILES string of the molecule is COC(=O)CCCN(C)Cc1ccc([N+](=O)[O-])cc1. The highest BCUT2D eigenvalue weighted by Gasteiger charge is 2.06. The molecule has 0 aliphatic rings. The Hall–Kier alpha value is -1.95. The van der Waals surface area contributed by atoms with Gasteiger partial charge in [0.1, 0.15) is 0 Å². The molecule has 0 saturated heterocycles. The first kappa shape index (κ1) is 15.1. The van der Waals surface area contributed by atoms with Gasteiger partial charge in [0, 0.05) is 25.1 Å². The van der Waals surface area contributed by atoms with Gasteiger partial charge < -0.3 is 9.64 Å². The monoisotopic (exact) mass is 266 g/mol. The standard InChI is InChI=1S/C13H18N2O4/c1-14(9-3-4-13(16)19-2)10-11-5-7-12(8-6-11)15(17)18/h5-8H,3-4,9-10H2,1-2H3. The van der Waals surface area contributed by atoms with Crippen LogP contribution in [0.5, 0.6) is 0 Å². The summed E-state index contributed by atoms with van der Waals surface area (Å²) in [7, 11) is 3.32. The molecule has 0 aliphatic carbocycles. The summed E-state index contributed by atoms with van der Waals surface area (Å²) < 4.78 is 4.56. The van der Waals surface area contributed by atoms with E-state index in [9.17, 15) is 14.9 Å². The fourth-order valence-corrected chi connectivity index (χ4v) is 1.71. The third kappa shape index (κ3) is 5.48. The van der Waals surface area contributed by atoms with Gasteiger partial charge in [0.15, 0.2) is 0 Å². The zero-order valence-electron chi connectivity index (χ0n) is 11.2. The number of hydrogen-bond acceptors (Lipinski definition) is 5. The van der Waals surface area contributed by atoms with E-state index < -0.39 is 4.92 Å². The van der Waals surface area contributed by atoms with Crippen molar-refractivity contribution in [3.63, 3.8) is 0 Å². The molecule has 6 nitrogen and oxygen atoms in total. The third-order valence-electron chi connectivity index (χ3n) is 2.75. The van der Waals surface area contributed by atoms with Gasteiger partial charge in [-0.25, -0.2) is 0 Å². The van der Waals surface area contributed by atoms with Crippen LogP contribution in [0.1, 0.15) is 18.4 Å². The number of benzene rings is 1. The molecule has 19 heavy (non-hydrogen) atoms. The van der Waals surface area contributed by atoms with E-state index in [1.165, 1.54) is 19.2 Å². The quantitative estimate of drug-likeness (QED) is 0.428. The van der Waals surface area contributed by atoms with Gasteiger partial charge in [-0.15, -0.1) is 0 Å². The highest BCUT2D eigenvalue weighted by Crippen LogP contribution is 2.13. The zero-order valence-corrected chi connectivity index (χ0v) is 11.2. The van der Waals surface area contributed by atoms with E-state index in [-0.39, 0.29) is 11.7 Å². The van der Waals surface area contributed by atoms with Crippen LogP contribution in [0.3, 0.4) is 0 Å². The smallest absolute Gasteiger partial charge is 0.305 e. The molecule has 1 aromatic carbocycles. The maximum absolute atomic E-state index is 10.9. The molecule has 104 valence electrons. The van der Waals surface area contributed by atoms with Crippen LogP contribution in [0, 0.1) is 10.1 Å². The van der Waals surface area contributed by atoms with Gasteiger partial charge in [-0.05, 0) is 25.6 Å². The minimum atomic E-state index is -0.413. The van der Waals surface area contributed by atoms with Crippen LogP contribution in [0.25, 0.3) is 0 Å². The summed E-state index contributed by atoms with van der Waals surface area (Å²) in [5, 5.41) is 10.5. The molecule has 0 atom stereocenters. The molecule has 0 aromatic heterocycles. The Morgan fingerprint density at radius 1 is 1.37 bits per heavy atom. The van der Waals surface area contributed by atoms with Crippen LogP contribution in [-0.2, 0) is 16.1 Å². The van der Waals surface area contributed by atoms with Crippen molar-refractivity contribution in [2.24, 2.45) is 0 Å². The van der Waals surface area contributed by atoms with Crippen molar-refractivity contribution >= 4 is 11.7 Å². The summed E-state index contributed by atoms with van der Waals surface area (Å²) in [5.41, 5.74) is 1.10. The van der Waals surface area contributed by atoms with E-state index in [0.717, 1.165) is 18.5 Å². The van der Waals surface area contributed by atoms with Crippen molar-refractivity contribution in [1.82, 2.24) is 4.90 Å². The number of esters is 1. The first-order valence-corrected chi connectivity index (χ1v) is 6.01. The maximum Gasteiger partial charge on any atom is 0.305 e. The predicted molar refractivity (Wildman–Crippen MR) is 70.7 cm³/mol. The van der Waals surface area contributed by atoms with Gasteiger partial charge in [-0.3, -0.25) is 14.9 Å². The zero-order chi connectivity index (χ0) is 14.3. The first-order valence-electron chi connectivity index (χ1n) is 6.01. The molecule has 0 spiro atoms. The van der Waals surface area contributed by atoms with Crippen LogP contribution in [0.2, 0.25) is 0 Å². The number of carbonyl (C=O) groups is 1. The Kier molecular flexibility index (Phi) is 5.95. The van der Waals surface area contributed by atoms with Crippen molar-refractivity contribution in [2.75, 3.05) is 20.7 Å². The van der Waals surface area contributed by atoms with Crippen molar-refractivity contribution in [3.05, 3.63) is 39.9 Å². The Balaban J connectivity index is 2.37. The van der Waals surface area contributed by atoms with Crippen molar-refractivity contribution in [3.8, 4) is 0 Å². The van der Waals surface area contributed by atoms with Gasteiger partial charge in [-0.2, -0.15) is 0 Å². The number of ether oxygens (including phenoxy) is 1. The van der Waals surface area contributed by atoms with Gasteiger partial charge in [-0.1, -0.05) is 12.1 Å². The molecular formula is C13H18N2O4. The minimum Gasteiger partial charge on any atom is -0.469 e. The van der Waals surface area contributed by atoms with Gasteiger partial charge >= 0.3 is 5.97 Å². The molecule has 0 aliphatic heterocycles. The van der Waals surface area contributed by atoms with E-state index >= 15 is 0 Å². The maximum atomic E-state index is 10.9. The lowest BCUT2D eigenvalue weighted by atomic mass is 10.2. The summed E-state index contributed by atoms with van der Waals surface area (Å²) in [6, 6.07) is 6.49. The van der Waals surface area contributed by atoms with Crippen LogP contribution in [-0.4, -0.2) is 36.5 Å². The van der Waals surface area contributed by atoms with Crippen molar-refractivity contribution in [1.29, 1.82) is 0 Å². The second-order valence-corrected chi connectivity index (χ2v) is 4.34. The topological polar surface area (TPSA) is 72.7 Å². The van der Waals surface area contributed by atoms with Crippen molar-refractivity contribution < 1.29 is 14.5 Å². The normalized spacial score (nSPS) is 10.5. The van der Waals surface area contributed by atoms with E-state index in [1.54, 1.807) is 12.1 Å². The highest BCUT2D eigenvalue weighted by molar-refractivity contribution is 5.69. The highest BCUT2D eigenvalue weighted by atomic mass is 16.6. The number of nitro benzene ring substituents is 1. The molecule has 0 fully saturated rings. The first-order chi connectivity index (χ1) is 9.02. The number of rotatable bonds is 7. The van der Waals surface area contributed by atoms with Crippen LogP contribution >= 0.6 is 0 Å². The molecule has 0 amide bonds. The molecule has 0 bridgehead atoms. The van der Waals surface area contributed by atoms with E-state index in [1.807, 2.05) is 7.05 Å². The summed E-state index contributed by atoms with van der Waals surface area (Å²) in [4.78, 5) is 23.1. The second-order valence-electron chi connectivity index (χ2n) is 4.34. The number of nitrogens with zero attached hydrogens (tertiary/aromatic N) is 2. The number of hydrogen-bond donors (Lipinski definition) is 0. The molecule has 0 unspecified atom stereocenters. The summed E-state index contributed by atoms with van der Waals surface area (Å²) in [6.45, 7) is 1.46. The average molecular weight is 266 g/mol. The molecule has 0 N–H and O–H groups in total. The Morgan fingerprint density at radius 2 is 2.00 bits per heavy atom. The third-order valence-corrected chi connectivity index (χ3v) is 2.75. The van der Waals surface area contributed by atoms with E-state index in [0.29, 0.717) is 13.0 Å². The summed E-state index contributed by atoms with van der Waals surface area (Å²) in [6.07, 6.45) is 1.14. The van der Waals surface area contributed by atoms with Crippen LogP contribution in [0.15, 0.2) is 24.3 Å². The van der Waals surface area contributed by atoms with Crippen molar-refractivity contribution in [2.45, 2.75) is 19.4 Å². The lowest BCUT2D eigenvalue weighted by Crippen LogP contribution is -2.20. The fraction of sp³-hybridized carbons (Fsp3) is 0.462. The van der Waals surface area contributed by atoms with E-state index in [2.05, 4.69) is 9.64 Å². The van der Waals surface area contributed by atoms with Crippen LogP contribution < -0.4 is 0 Å². The molecule has 0 saturated carbocycles. The molecular weight excluding hydrogens is 248 g/mol.